The molecule has 0 aliphatic heterocycles. The molecule has 0 rings (SSSR count). The van der Waals surface area contributed by atoms with Gasteiger partial charge in [-0.05, 0) is 0 Å². The molecule has 0 bridgehead atoms. The number of hydrogen-bond acceptors (Lipinski definition) is 6. The third kappa shape index (κ3) is 8160. The summed E-state index contributed by atoms with van der Waals surface area (Å²) in [4.78, 5) is 16.2. The van der Waals surface area contributed by atoms with Gasteiger partial charge in [-0.2, -0.15) is 0 Å². The minimum absolute atomic E-state index is 0. The summed E-state index contributed by atoms with van der Waals surface area (Å²) in [5, 5.41) is 23.8. The van der Waals surface area contributed by atoms with Crippen LogP contribution in [0.15, 0.2) is 5.34 Å². The first-order valence-corrected chi connectivity index (χ1v) is 0.913. The molecule has 0 aromatic rings. The van der Waals surface area contributed by atoms with Gasteiger partial charge >= 0.3 is 51.4 Å². The molecule has 9 heavy (non-hydrogen) atoms. The van der Waals surface area contributed by atoms with E-state index in [4.69, 9.17) is 25.4 Å². The summed E-state index contributed by atoms with van der Waals surface area (Å²) in [7, 11) is 0. The second kappa shape index (κ2) is 24.1. The second-order valence-corrected chi connectivity index (χ2v) is 0.298. The largest absolute Gasteiger partial charge is 1.00 e. The molecule has 0 saturated carbocycles. The summed E-state index contributed by atoms with van der Waals surface area (Å²) in [6, 6.07) is 0. The molecule has 4 N–H and O–H groups in total. The van der Waals surface area contributed by atoms with Crippen LogP contribution in [0.3, 0.4) is 0 Å². The van der Waals surface area contributed by atoms with Crippen LogP contribution >= 0.6 is 0 Å². The van der Waals surface area contributed by atoms with Gasteiger partial charge < -0.3 is 31.6 Å². The molecule has 0 unspecified atom stereocenters. The van der Waals surface area contributed by atoms with Gasteiger partial charge in [0.2, 0.25) is 0 Å². The molecular weight excluding hydrogens is 161 g/mol. The van der Waals surface area contributed by atoms with E-state index >= 15 is 0 Å². The molecule has 0 fully saturated rings. The van der Waals surface area contributed by atoms with E-state index in [0.717, 1.165) is 5.34 Å². The van der Waals surface area contributed by atoms with Gasteiger partial charge in [-0.3, -0.25) is 0 Å². The third-order valence-electron chi connectivity index (χ3n) is 0. The molecule has 0 amide bonds. The molecule has 0 spiro atoms. The van der Waals surface area contributed by atoms with Gasteiger partial charge in [-0.15, -0.1) is 5.34 Å². The molecular formula is H4KN3O5. The zero-order valence-electron chi connectivity index (χ0n) is 4.94. The van der Waals surface area contributed by atoms with E-state index in [2.05, 4.69) is 0 Å². The van der Waals surface area contributed by atoms with Crippen molar-refractivity contribution >= 4 is 0 Å². The van der Waals surface area contributed by atoms with E-state index in [1.165, 1.54) is 0 Å². The maximum absolute atomic E-state index is 8.25. The smallest absolute Gasteiger partial charge is 0.444 e. The van der Waals surface area contributed by atoms with Crippen LogP contribution in [0, 0.1) is 25.4 Å². The van der Waals surface area contributed by atoms with Gasteiger partial charge in [-0.25, -0.2) is 0 Å². The Labute approximate surface area is 92.3 Å². The minimum atomic E-state index is -1.75. The maximum Gasteiger partial charge on any atom is 1.00 e. The predicted molar refractivity (Wildman–Crippen MR) is 25.5 cm³/mol. The first kappa shape index (κ1) is 22.9. The summed E-state index contributed by atoms with van der Waals surface area (Å²) in [6.45, 7) is 0. The SMILES string of the molecule is O=N[O-].O=[N+]([O-])[O-].[K+].[NH4+]. The first-order chi connectivity index (χ1) is 3.15. The number of quaternary nitrogens is 1. The van der Waals surface area contributed by atoms with Gasteiger partial charge in [0.1, 0.15) is 0 Å². The third-order valence-corrected chi connectivity index (χ3v) is 0. The van der Waals surface area contributed by atoms with Gasteiger partial charge in [0.05, 0.1) is 5.09 Å². The average Bonchev–Trinajstić information content (AvgIpc) is 1.33. The molecule has 0 radical (unpaired) electrons. The van der Waals surface area contributed by atoms with Gasteiger partial charge in [0.25, 0.3) is 0 Å². The minimum Gasteiger partial charge on any atom is -0.444 e. The first-order valence-electron chi connectivity index (χ1n) is 0.913. The molecule has 0 heterocycles. The number of hydrogen-bond donors (Lipinski definition) is 1. The van der Waals surface area contributed by atoms with E-state index in [0.29, 0.717) is 0 Å². The number of rotatable bonds is 0. The van der Waals surface area contributed by atoms with E-state index in [1.807, 2.05) is 0 Å². The van der Waals surface area contributed by atoms with Crippen molar-refractivity contribution in [3.05, 3.63) is 25.4 Å². The molecule has 9 heteroatoms. The van der Waals surface area contributed by atoms with Gasteiger partial charge in [0, 0.05) is 0 Å². The standard InChI is InChI=1S/K.NO3.HNO2.H3N/c;2-1(3)4;2-1-3;/h;;(H,2,3);1H3/q+1;-1;;. The Morgan fingerprint density at radius 1 is 1.33 bits per heavy atom. The van der Waals surface area contributed by atoms with Crippen LogP contribution in [0.25, 0.3) is 0 Å². The summed E-state index contributed by atoms with van der Waals surface area (Å²) in [5.74, 6) is 0. The van der Waals surface area contributed by atoms with Crippen LogP contribution in [0.4, 0.5) is 0 Å². The molecule has 0 aromatic heterocycles. The summed E-state index contributed by atoms with van der Waals surface area (Å²) in [6.07, 6.45) is 0. The normalized spacial score (nSPS) is 4.00. The van der Waals surface area contributed by atoms with Crippen molar-refractivity contribution in [1.29, 1.82) is 0 Å². The quantitative estimate of drug-likeness (QED) is 0.180. The van der Waals surface area contributed by atoms with E-state index < -0.39 is 5.09 Å². The Morgan fingerprint density at radius 2 is 1.33 bits per heavy atom. The molecule has 0 saturated heterocycles. The number of nitrogens with zero attached hydrogens (tertiary/aromatic N) is 2. The van der Waals surface area contributed by atoms with Crippen molar-refractivity contribution in [3.63, 3.8) is 0 Å². The van der Waals surface area contributed by atoms with Crippen LogP contribution in [-0.4, -0.2) is 5.09 Å². The van der Waals surface area contributed by atoms with E-state index in [-0.39, 0.29) is 57.5 Å². The Balaban J connectivity index is -0.0000000233. The molecule has 8 nitrogen and oxygen atoms in total. The fourth-order valence-electron chi connectivity index (χ4n) is 0. The van der Waals surface area contributed by atoms with Crippen molar-refractivity contribution < 1.29 is 56.5 Å². The summed E-state index contributed by atoms with van der Waals surface area (Å²) < 4.78 is 0. The van der Waals surface area contributed by atoms with E-state index in [1.54, 1.807) is 0 Å². The van der Waals surface area contributed by atoms with Crippen molar-refractivity contribution in [2.45, 2.75) is 0 Å². The van der Waals surface area contributed by atoms with Crippen molar-refractivity contribution in [2.24, 2.45) is 5.34 Å². The zero-order chi connectivity index (χ0) is 6.28. The second-order valence-electron chi connectivity index (χ2n) is 0.298. The Bertz CT molecular complexity index is 59.2. The van der Waals surface area contributed by atoms with Crippen LogP contribution in [0.1, 0.15) is 0 Å². The molecule has 0 aliphatic rings. The molecule has 50 valence electrons. The zero-order valence-corrected chi connectivity index (χ0v) is 8.06. The topological polar surface area (TPSA) is 155 Å². The summed E-state index contributed by atoms with van der Waals surface area (Å²) in [5.41, 5.74) is 0. The Hall–Kier alpha value is 0.196. The predicted octanol–water partition coefficient (Wildman–Crippen LogP) is -2.61. The Morgan fingerprint density at radius 3 is 1.33 bits per heavy atom. The van der Waals surface area contributed by atoms with Crippen LogP contribution < -0.4 is 57.5 Å². The van der Waals surface area contributed by atoms with Gasteiger partial charge in [-0.1, -0.05) is 0 Å². The van der Waals surface area contributed by atoms with Crippen LogP contribution in [-0.2, 0) is 0 Å². The fourth-order valence-corrected chi connectivity index (χ4v) is 0. The van der Waals surface area contributed by atoms with E-state index in [9.17, 15) is 0 Å². The maximum atomic E-state index is 8.25. The fraction of sp³-hybridized carbons (Fsp3) is 0. The molecule has 0 atom stereocenters. The summed E-state index contributed by atoms with van der Waals surface area (Å²) >= 11 is 0. The van der Waals surface area contributed by atoms with Crippen LogP contribution in [0.5, 0.6) is 0 Å². The van der Waals surface area contributed by atoms with Crippen molar-refractivity contribution in [1.82, 2.24) is 6.15 Å². The monoisotopic (exact) mass is 165 g/mol. The molecule has 0 aliphatic carbocycles. The molecule has 0 aromatic carbocycles. The Kier molecular flexibility index (Phi) is 61.3. The van der Waals surface area contributed by atoms with Crippen molar-refractivity contribution in [3.8, 4) is 0 Å². The average molecular weight is 165 g/mol. The van der Waals surface area contributed by atoms with Crippen LogP contribution in [0.2, 0.25) is 0 Å². The van der Waals surface area contributed by atoms with Crippen molar-refractivity contribution in [2.75, 3.05) is 0 Å². The van der Waals surface area contributed by atoms with Gasteiger partial charge in [0.15, 0.2) is 0 Å².